The largest absolute Gasteiger partial charge is 0.458 e. The number of unbranched alkanes of at least 4 members (excludes halogenated alkanes) is 1. The molecule has 1 aliphatic rings. The van der Waals surface area contributed by atoms with Crippen molar-refractivity contribution in [2.75, 3.05) is 0 Å². The molecule has 1 rings (SSSR count). The van der Waals surface area contributed by atoms with Gasteiger partial charge in [-0.2, -0.15) is 0 Å². The second-order valence-corrected chi connectivity index (χ2v) is 6.64. The summed E-state index contributed by atoms with van der Waals surface area (Å²) in [5, 5.41) is 0. The van der Waals surface area contributed by atoms with Crippen LogP contribution in [-0.4, -0.2) is 12.1 Å². The van der Waals surface area contributed by atoms with Crippen LogP contribution in [0.1, 0.15) is 66.7 Å². The van der Waals surface area contributed by atoms with E-state index in [9.17, 15) is 4.79 Å². The molecule has 0 saturated carbocycles. The van der Waals surface area contributed by atoms with Gasteiger partial charge in [-0.3, -0.25) is 4.79 Å². The van der Waals surface area contributed by atoms with Crippen LogP contribution in [0.3, 0.4) is 0 Å². The molecule has 114 valence electrons. The summed E-state index contributed by atoms with van der Waals surface area (Å²) in [6, 6.07) is 0. The number of esters is 1. The van der Waals surface area contributed by atoms with Crippen LogP contribution in [0.25, 0.3) is 0 Å². The fourth-order valence-corrected chi connectivity index (χ4v) is 2.88. The lowest BCUT2D eigenvalue weighted by Gasteiger charge is -2.36. The van der Waals surface area contributed by atoms with Crippen LogP contribution >= 0.6 is 0 Å². The first kappa shape index (κ1) is 17.0. The maximum absolute atomic E-state index is 11.6. The van der Waals surface area contributed by atoms with E-state index in [2.05, 4.69) is 39.8 Å². The number of hydrogen-bond acceptors (Lipinski definition) is 2. The van der Waals surface area contributed by atoms with Crippen molar-refractivity contribution in [3.63, 3.8) is 0 Å². The SMILES string of the molecule is CCCCC(=O)OC(C)/C=C/C1C(C)=CCCC1(C)C. The van der Waals surface area contributed by atoms with Gasteiger partial charge in [0, 0.05) is 12.3 Å². The maximum Gasteiger partial charge on any atom is 0.306 e. The predicted octanol–water partition coefficient (Wildman–Crippen LogP) is 5.05. The van der Waals surface area contributed by atoms with E-state index in [1.807, 2.05) is 13.0 Å². The standard InChI is InChI=1S/C18H30O2/c1-6-7-10-17(19)20-15(3)11-12-16-14(2)9-8-13-18(16,4)5/h9,11-12,15-16H,6-8,10,13H2,1-5H3/b12-11+. The minimum Gasteiger partial charge on any atom is -0.458 e. The molecule has 0 aromatic carbocycles. The Morgan fingerprint density at radius 3 is 2.85 bits per heavy atom. The summed E-state index contributed by atoms with van der Waals surface area (Å²) in [6.07, 6.45) is 11.3. The Labute approximate surface area is 124 Å². The van der Waals surface area contributed by atoms with Gasteiger partial charge in [-0.15, -0.1) is 0 Å². The van der Waals surface area contributed by atoms with E-state index >= 15 is 0 Å². The van der Waals surface area contributed by atoms with E-state index in [0.717, 1.165) is 12.8 Å². The van der Waals surface area contributed by atoms with E-state index in [1.165, 1.54) is 18.4 Å². The third-order valence-corrected chi connectivity index (χ3v) is 4.21. The predicted molar refractivity (Wildman–Crippen MR) is 84.5 cm³/mol. The molecular weight excluding hydrogens is 248 g/mol. The number of rotatable bonds is 6. The fourth-order valence-electron chi connectivity index (χ4n) is 2.88. The van der Waals surface area contributed by atoms with Crippen molar-refractivity contribution in [3.8, 4) is 0 Å². The first-order valence-corrected chi connectivity index (χ1v) is 7.91. The highest BCUT2D eigenvalue weighted by Crippen LogP contribution is 2.41. The van der Waals surface area contributed by atoms with E-state index in [4.69, 9.17) is 4.74 Å². The molecule has 20 heavy (non-hydrogen) atoms. The van der Waals surface area contributed by atoms with Crippen molar-refractivity contribution in [2.45, 2.75) is 72.8 Å². The highest BCUT2D eigenvalue weighted by Gasteiger charge is 2.30. The van der Waals surface area contributed by atoms with Gasteiger partial charge >= 0.3 is 5.97 Å². The summed E-state index contributed by atoms with van der Waals surface area (Å²) in [6.45, 7) is 10.9. The smallest absolute Gasteiger partial charge is 0.306 e. The normalized spacial score (nSPS) is 23.4. The molecule has 0 bridgehead atoms. The van der Waals surface area contributed by atoms with Gasteiger partial charge in [0.25, 0.3) is 0 Å². The molecule has 0 aromatic heterocycles. The average molecular weight is 278 g/mol. The molecule has 0 heterocycles. The third-order valence-electron chi connectivity index (χ3n) is 4.21. The molecule has 2 atom stereocenters. The van der Waals surface area contributed by atoms with Crippen molar-refractivity contribution < 1.29 is 9.53 Å². The van der Waals surface area contributed by atoms with Gasteiger partial charge in [-0.25, -0.2) is 0 Å². The summed E-state index contributed by atoms with van der Waals surface area (Å²) in [4.78, 5) is 11.6. The van der Waals surface area contributed by atoms with Gasteiger partial charge in [0.15, 0.2) is 0 Å². The molecule has 0 aliphatic heterocycles. The Hall–Kier alpha value is -1.05. The molecule has 0 radical (unpaired) electrons. The lowest BCUT2D eigenvalue weighted by atomic mass is 9.68. The van der Waals surface area contributed by atoms with Crippen molar-refractivity contribution in [2.24, 2.45) is 11.3 Å². The van der Waals surface area contributed by atoms with Crippen LogP contribution < -0.4 is 0 Å². The van der Waals surface area contributed by atoms with E-state index < -0.39 is 0 Å². The maximum atomic E-state index is 11.6. The van der Waals surface area contributed by atoms with Crippen molar-refractivity contribution >= 4 is 5.97 Å². The number of hydrogen-bond donors (Lipinski definition) is 0. The Kier molecular flexibility index (Phi) is 6.51. The van der Waals surface area contributed by atoms with Gasteiger partial charge in [0.1, 0.15) is 6.10 Å². The Balaban J connectivity index is 2.55. The monoisotopic (exact) mass is 278 g/mol. The van der Waals surface area contributed by atoms with Gasteiger partial charge < -0.3 is 4.74 Å². The minimum atomic E-state index is -0.134. The second-order valence-electron chi connectivity index (χ2n) is 6.64. The van der Waals surface area contributed by atoms with Crippen molar-refractivity contribution in [3.05, 3.63) is 23.8 Å². The van der Waals surface area contributed by atoms with E-state index in [1.54, 1.807) is 0 Å². The van der Waals surface area contributed by atoms with E-state index in [-0.39, 0.29) is 12.1 Å². The number of allylic oxidation sites excluding steroid dienone is 3. The zero-order chi connectivity index (χ0) is 15.2. The zero-order valence-electron chi connectivity index (χ0n) is 13.7. The number of carbonyl (C=O) groups is 1. The molecule has 1 aliphatic carbocycles. The molecule has 0 amide bonds. The molecule has 0 fully saturated rings. The molecule has 2 heteroatoms. The molecule has 0 saturated heterocycles. The van der Waals surface area contributed by atoms with Crippen LogP contribution in [-0.2, 0) is 9.53 Å². The first-order valence-electron chi connectivity index (χ1n) is 7.91. The van der Waals surface area contributed by atoms with E-state index in [0.29, 0.717) is 17.8 Å². The fraction of sp³-hybridized carbons (Fsp3) is 0.722. The molecule has 2 nitrogen and oxygen atoms in total. The van der Waals surface area contributed by atoms with Crippen LogP contribution in [0.5, 0.6) is 0 Å². The number of carbonyl (C=O) groups excluding carboxylic acids is 1. The minimum absolute atomic E-state index is 0.0841. The van der Waals surface area contributed by atoms with Crippen LogP contribution in [0.15, 0.2) is 23.8 Å². The van der Waals surface area contributed by atoms with Crippen LogP contribution in [0.4, 0.5) is 0 Å². The molecule has 0 aromatic rings. The van der Waals surface area contributed by atoms with Gasteiger partial charge in [0.2, 0.25) is 0 Å². The lowest BCUT2D eigenvalue weighted by Crippen LogP contribution is -2.26. The molecular formula is C18H30O2. The summed E-state index contributed by atoms with van der Waals surface area (Å²) in [5.74, 6) is 0.368. The summed E-state index contributed by atoms with van der Waals surface area (Å²) < 4.78 is 5.40. The first-order chi connectivity index (χ1) is 9.36. The molecule has 0 spiro atoms. The number of ether oxygens (including phenoxy) is 1. The summed E-state index contributed by atoms with van der Waals surface area (Å²) in [5.41, 5.74) is 1.73. The highest BCUT2D eigenvalue weighted by molar-refractivity contribution is 5.69. The van der Waals surface area contributed by atoms with Crippen molar-refractivity contribution in [1.29, 1.82) is 0 Å². The highest BCUT2D eigenvalue weighted by atomic mass is 16.5. The van der Waals surface area contributed by atoms with Crippen LogP contribution in [0, 0.1) is 11.3 Å². The van der Waals surface area contributed by atoms with Crippen LogP contribution in [0.2, 0.25) is 0 Å². The Morgan fingerprint density at radius 1 is 1.55 bits per heavy atom. The van der Waals surface area contributed by atoms with Crippen molar-refractivity contribution in [1.82, 2.24) is 0 Å². The average Bonchev–Trinajstić information content (AvgIpc) is 2.34. The van der Waals surface area contributed by atoms with Gasteiger partial charge in [-0.1, -0.05) is 44.9 Å². The van der Waals surface area contributed by atoms with Gasteiger partial charge in [0.05, 0.1) is 0 Å². The Morgan fingerprint density at radius 2 is 2.25 bits per heavy atom. The Bertz CT molecular complexity index is 377. The topological polar surface area (TPSA) is 26.3 Å². The summed E-state index contributed by atoms with van der Waals surface area (Å²) in [7, 11) is 0. The molecule has 0 N–H and O–H groups in total. The molecule has 2 unspecified atom stereocenters. The second kappa shape index (κ2) is 7.66. The summed E-state index contributed by atoms with van der Waals surface area (Å²) >= 11 is 0. The van der Waals surface area contributed by atoms with Gasteiger partial charge in [-0.05, 0) is 44.6 Å². The zero-order valence-corrected chi connectivity index (χ0v) is 13.7. The lowest BCUT2D eigenvalue weighted by molar-refractivity contribution is -0.146. The quantitative estimate of drug-likeness (QED) is 0.502. The third kappa shape index (κ3) is 5.15.